The van der Waals surface area contributed by atoms with Crippen LogP contribution in [0.3, 0.4) is 0 Å². The van der Waals surface area contributed by atoms with Crippen LogP contribution in [0.2, 0.25) is 5.02 Å². The number of sulfone groups is 1. The molecule has 290 valence electrons. The molecule has 1 fully saturated rings. The van der Waals surface area contributed by atoms with Gasteiger partial charge in [-0.25, -0.2) is 31.1 Å². The SMILES string of the molecule is C=S(C)(=O)Nc1nn(C)c2c(-c3ccc(C#CC(C)(C)S(=O)(=O)C4CC4)nc3[C@H](Cc3cc(F)cc(F)c3)NC(=O)Cn3nnc4ccccc43)ccc(Cl)c12. The Bertz CT molecular complexity index is 2820. The maximum absolute atomic E-state index is 14.6. The van der Waals surface area contributed by atoms with Crippen LogP contribution in [0.25, 0.3) is 33.1 Å². The summed E-state index contributed by atoms with van der Waals surface area (Å²) < 4.78 is 72.9. The highest BCUT2D eigenvalue weighted by molar-refractivity contribution is 8.00. The Labute approximate surface area is 327 Å². The van der Waals surface area contributed by atoms with Gasteiger partial charge in [-0.05, 0) is 92.9 Å². The topological polar surface area (TPSA) is 154 Å². The molecule has 2 N–H and O–H groups in total. The molecule has 3 aromatic carbocycles. The van der Waals surface area contributed by atoms with Crippen LogP contribution in [0.15, 0.2) is 66.7 Å². The van der Waals surface area contributed by atoms with Crippen LogP contribution in [0.1, 0.15) is 49.7 Å². The molecule has 0 bridgehead atoms. The molecule has 1 aliphatic carbocycles. The Balaban J connectivity index is 1.41. The Morgan fingerprint density at radius 1 is 1.05 bits per heavy atom. The monoisotopic (exact) mass is 818 g/mol. The summed E-state index contributed by atoms with van der Waals surface area (Å²) in [6.07, 6.45) is 2.48. The van der Waals surface area contributed by atoms with E-state index in [0.29, 0.717) is 50.9 Å². The molecule has 0 aliphatic heterocycles. The molecular weight excluding hydrogens is 782 g/mol. The quantitative estimate of drug-likeness (QED) is 0.123. The minimum absolute atomic E-state index is 0.120. The van der Waals surface area contributed by atoms with Gasteiger partial charge in [-0.1, -0.05) is 40.9 Å². The molecule has 1 unspecified atom stereocenters. The van der Waals surface area contributed by atoms with Gasteiger partial charge < -0.3 is 5.32 Å². The van der Waals surface area contributed by atoms with Gasteiger partial charge in [0.25, 0.3) is 0 Å². The summed E-state index contributed by atoms with van der Waals surface area (Å²) in [6.45, 7) is 2.86. The number of aryl methyl sites for hydroxylation is 1. The van der Waals surface area contributed by atoms with Gasteiger partial charge in [0.2, 0.25) is 5.91 Å². The molecule has 6 aromatic rings. The third kappa shape index (κ3) is 7.97. The van der Waals surface area contributed by atoms with Gasteiger partial charge >= 0.3 is 0 Å². The molecule has 56 heavy (non-hydrogen) atoms. The Morgan fingerprint density at radius 3 is 2.45 bits per heavy atom. The number of hydrogen-bond acceptors (Lipinski definition) is 8. The maximum atomic E-state index is 14.6. The Morgan fingerprint density at radius 2 is 1.75 bits per heavy atom. The average Bonchev–Trinajstić information content (AvgIpc) is 3.84. The molecule has 3 aromatic heterocycles. The van der Waals surface area contributed by atoms with Crippen molar-refractivity contribution in [3.63, 3.8) is 0 Å². The van der Waals surface area contributed by atoms with E-state index in [9.17, 15) is 26.2 Å². The number of aromatic nitrogens is 6. The first-order valence-corrected chi connectivity index (χ1v) is 21.5. The number of carbonyl (C=O) groups excluding carboxylic acids is 1. The molecule has 17 heteroatoms. The first kappa shape index (κ1) is 38.9. The lowest BCUT2D eigenvalue weighted by Gasteiger charge is -2.23. The van der Waals surface area contributed by atoms with Crippen LogP contribution >= 0.6 is 11.6 Å². The van der Waals surface area contributed by atoms with Crippen LogP contribution in [-0.2, 0) is 44.4 Å². The molecule has 1 aliphatic rings. The number of halogens is 3. The van der Waals surface area contributed by atoms with Crippen molar-refractivity contribution in [2.24, 2.45) is 7.05 Å². The maximum Gasteiger partial charge on any atom is 0.242 e. The second kappa shape index (κ2) is 14.6. The lowest BCUT2D eigenvalue weighted by atomic mass is 9.93. The molecule has 1 saturated carbocycles. The molecule has 0 saturated heterocycles. The number of para-hydroxylation sites is 1. The second-order valence-electron chi connectivity index (χ2n) is 14.4. The highest BCUT2D eigenvalue weighted by Crippen LogP contribution is 2.40. The summed E-state index contributed by atoms with van der Waals surface area (Å²) in [6, 6.07) is 15.9. The number of pyridine rings is 1. The summed E-state index contributed by atoms with van der Waals surface area (Å²) >= 11 is 6.72. The highest BCUT2D eigenvalue weighted by atomic mass is 35.5. The molecule has 2 atom stereocenters. The van der Waals surface area contributed by atoms with Crippen molar-refractivity contribution in [3.05, 3.63) is 100 Å². The first-order chi connectivity index (χ1) is 26.4. The van der Waals surface area contributed by atoms with E-state index in [1.807, 2.05) is 0 Å². The molecule has 1 amide bonds. The summed E-state index contributed by atoms with van der Waals surface area (Å²) in [7, 11) is -4.65. The third-order valence-corrected chi connectivity index (χ3v) is 13.2. The molecule has 0 radical (unpaired) electrons. The molecule has 7 rings (SSSR count). The van der Waals surface area contributed by atoms with Crippen molar-refractivity contribution < 1.29 is 26.2 Å². The summed E-state index contributed by atoms with van der Waals surface area (Å²) in [5.41, 5.74) is 3.39. The largest absolute Gasteiger partial charge is 0.346 e. The van der Waals surface area contributed by atoms with E-state index in [4.69, 9.17) is 16.6 Å². The standard InChI is InChI=1S/C39H37ClF2N8O4S2/c1-39(2,56(53,54)27-11-12-27)17-16-26-10-13-28(29-14-15-30(40)35-37(29)49(3)46-38(35)47-55(4,5)52)36(43-26)32(20-23-18-24(41)21-25(42)19-23)44-34(51)22-50-33-9-7-6-8-31(33)45-48-50/h6-10,13-15,18-19,21,27,32H,4,11-12,20,22H2,1-3,5H3,(H,44,51)(H,46,47,52)/t32-,55?/m0/s1. The fourth-order valence-electron chi connectivity index (χ4n) is 6.58. The van der Waals surface area contributed by atoms with Crippen molar-refractivity contribution >= 4 is 70.7 Å². The number of fused-ring (bicyclic) bond motifs is 2. The van der Waals surface area contributed by atoms with Gasteiger partial charge in [-0.3, -0.25) is 14.2 Å². The predicted octanol–water partition coefficient (Wildman–Crippen LogP) is 5.79. The number of anilines is 1. The minimum atomic E-state index is -3.56. The summed E-state index contributed by atoms with van der Waals surface area (Å²) in [5, 5.41) is 16.1. The van der Waals surface area contributed by atoms with Crippen LogP contribution in [0, 0.1) is 23.5 Å². The van der Waals surface area contributed by atoms with Crippen LogP contribution in [-0.4, -0.2) is 70.4 Å². The fraction of sp³-hybridized carbons (Fsp3) is 0.282. The minimum Gasteiger partial charge on any atom is -0.346 e. The van der Waals surface area contributed by atoms with Gasteiger partial charge in [0.15, 0.2) is 15.7 Å². The van der Waals surface area contributed by atoms with Crippen molar-refractivity contribution in [2.45, 2.75) is 55.7 Å². The summed E-state index contributed by atoms with van der Waals surface area (Å²) in [4.78, 5) is 18.9. The summed E-state index contributed by atoms with van der Waals surface area (Å²) in [5.74, 6) is 7.64. The lowest BCUT2D eigenvalue weighted by Crippen LogP contribution is -2.34. The van der Waals surface area contributed by atoms with Gasteiger partial charge in [-0.2, -0.15) is 5.10 Å². The van der Waals surface area contributed by atoms with E-state index < -0.39 is 53.1 Å². The van der Waals surface area contributed by atoms with Crippen LogP contribution in [0.4, 0.5) is 14.6 Å². The fourth-order valence-corrected chi connectivity index (χ4v) is 9.16. The van der Waals surface area contributed by atoms with Crippen molar-refractivity contribution in [3.8, 4) is 23.0 Å². The molecule has 12 nitrogen and oxygen atoms in total. The average molecular weight is 819 g/mol. The van der Waals surface area contributed by atoms with Crippen LogP contribution < -0.4 is 10.0 Å². The third-order valence-electron chi connectivity index (χ3n) is 9.37. The zero-order valence-corrected chi connectivity index (χ0v) is 33.2. The van der Waals surface area contributed by atoms with Crippen molar-refractivity contribution in [2.75, 3.05) is 11.0 Å². The van der Waals surface area contributed by atoms with E-state index in [-0.39, 0.29) is 35.7 Å². The predicted molar refractivity (Wildman–Crippen MR) is 215 cm³/mol. The van der Waals surface area contributed by atoms with Gasteiger partial charge in [0.1, 0.15) is 34.1 Å². The normalized spacial score (nSPS) is 14.9. The zero-order valence-electron chi connectivity index (χ0n) is 30.8. The van der Waals surface area contributed by atoms with Gasteiger partial charge in [0, 0.05) is 40.2 Å². The van der Waals surface area contributed by atoms with E-state index >= 15 is 0 Å². The number of carbonyl (C=O) groups is 1. The van der Waals surface area contributed by atoms with Gasteiger partial charge in [0.05, 0.1) is 38.4 Å². The smallest absolute Gasteiger partial charge is 0.242 e. The number of benzene rings is 3. The Kier molecular flexibility index (Phi) is 10.1. The number of amides is 1. The molecule has 0 spiro atoms. The number of hydrogen-bond donors (Lipinski definition) is 2. The van der Waals surface area contributed by atoms with Crippen molar-refractivity contribution in [1.29, 1.82) is 0 Å². The first-order valence-electron chi connectivity index (χ1n) is 17.5. The molecule has 3 heterocycles. The lowest BCUT2D eigenvalue weighted by molar-refractivity contribution is -0.122. The Hall–Kier alpha value is -5.37. The zero-order chi connectivity index (χ0) is 40.2. The van der Waals surface area contributed by atoms with Crippen LogP contribution in [0.5, 0.6) is 0 Å². The molecular formula is C39H37ClF2N8O4S2. The number of nitrogens with zero attached hydrogens (tertiary/aromatic N) is 6. The highest BCUT2D eigenvalue weighted by Gasteiger charge is 2.45. The number of nitrogens with one attached hydrogen (secondary N) is 2. The van der Waals surface area contributed by atoms with E-state index in [2.05, 4.69) is 43.2 Å². The van der Waals surface area contributed by atoms with E-state index in [0.717, 1.165) is 6.07 Å². The number of rotatable bonds is 11. The van der Waals surface area contributed by atoms with Gasteiger partial charge in [-0.15, -0.1) is 5.10 Å². The van der Waals surface area contributed by atoms with Crippen molar-refractivity contribution in [1.82, 2.24) is 35.1 Å². The van der Waals surface area contributed by atoms with E-state index in [1.165, 1.54) is 23.1 Å². The van der Waals surface area contributed by atoms with E-state index in [1.54, 1.807) is 74.1 Å². The second-order valence-corrected chi connectivity index (χ2v) is 19.8.